The van der Waals surface area contributed by atoms with Crippen molar-refractivity contribution in [2.75, 3.05) is 18.0 Å². The van der Waals surface area contributed by atoms with Gasteiger partial charge in [0.05, 0.1) is 16.9 Å². The zero-order valence-electron chi connectivity index (χ0n) is 17.9. The van der Waals surface area contributed by atoms with Crippen LogP contribution in [0.25, 0.3) is 16.9 Å². The standard InChI is InChI=1S/C24H24ClN7/c1-15-20(25)18(3-7-28-15)22-30-14-19-23(29-8-11-32(19)22)31-9-4-24(5-10-31)12-16-13-27-6-2-17(16)21(24)26/h2-3,6-8,11,13-14,21H,4-5,9-10,12,26H2,1H3. The van der Waals surface area contributed by atoms with E-state index in [-0.39, 0.29) is 11.5 Å². The highest BCUT2D eigenvalue weighted by atomic mass is 35.5. The molecule has 8 heteroatoms. The molecule has 0 bridgehead atoms. The van der Waals surface area contributed by atoms with Gasteiger partial charge in [0, 0.05) is 55.7 Å². The van der Waals surface area contributed by atoms with Crippen LogP contribution in [0.2, 0.25) is 5.02 Å². The zero-order chi connectivity index (χ0) is 21.9. The Morgan fingerprint density at radius 3 is 2.72 bits per heavy atom. The van der Waals surface area contributed by atoms with E-state index in [1.54, 1.807) is 6.20 Å². The third-order valence-corrected chi connectivity index (χ3v) is 7.76. The summed E-state index contributed by atoms with van der Waals surface area (Å²) in [7, 11) is 0. The van der Waals surface area contributed by atoms with Crippen LogP contribution in [0.5, 0.6) is 0 Å². The lowest BCUT2D eigenvalue weighted by molar-refractivity contribution is 0.187. The Bertz CT molecular complexity index is 1320. The fourth-order valence-electron chi connectivity index (χ4n) is 5.44. The number of pyridine rings is 2. The number of aromatic nitrogens is 5. The molecule has 7 nitrogen and oxygen atoms in total. The number of piperidine rings is 1. The highest BCUT2D eigenvalue weighted by molar-refractivity contribution is 6.33. The van der Waals surface area contributed by atoms with Crippen LogP contribution in [0.15, 0.2) is 49.3 Å². The molecule has 0 amide bonds. The molecule has 162 valence electrons. The second kappa shape index (κ2) is 7.25. The summed E-state index contributed by atoms with van der Waals surface area (Å²) in [6.45, 7) is 3.73. The average molecular weight is 446 g/mol. The molecule has 1 saturated heterocycles. The van der Waals surface area contributed by atoms with E-state index in [4.69, 9.17) is 27.3 Å². The molecule has 0 radical (unpaired) electrons. The molecular formula is C24H24ClN7. The van der Waals surface area contributed by atoms with Gasteiger partial charge < -0.3 is 10.6 Å². The molecule has 1 aliphatic heterocycles. The second-order valence-electron chi connectivity index (χ2n) is 8.92. The van der Waals surface area contributed by atoms with Crippen LogP contribution in [0.3, 0.4) is 0 Å². The molecule has 1 spiro atoms. The van der Waals surface area contributed by atoms with Crippen LogP contribution in [0.1, 0.15) is 35.7 Å². The molecule has 32 heavy (non-hydrogen) atoms. The van der Waals surface area contributed by atoms with Crippen molar-refractivity contribution in [2.24, 2.45) is 11.1 Å². The van der Waals surface area contributed by atoms with E-state index in [1.165, 1.54) is 11.1 Å². The van der Waals surface area contributed by atoms with Gasteiger partial charge in [-0.15, -0.1) is 0 Å². The smallest absolute Gasteiger partial charge is 0.154 e. The van der Waals surface area contributed by atoms with Crippen LogP contribution < -0.4 is 10.6 Å². The van der Waals surface area contributed by atoms with Crippen LogP contribution in [-0.4, -0.2) is 37.4 Å². The lowest BCUT2D eigenvalue weighted by Gasteiger charge is -2.42. The van der Waals surface area contributed by atoms with Gasteiger partial charge in [0.25, 0.3) is 0 Å². The summed E-state index contributed by atoms with van der Waals surface area (Å²) >= 11 is 6.54. The summed E-state index contributed by atoms with van der Waals surface area (Å²) in [4.78, 5) is 20.4. The van der Waals surface area contributed by atoms with E-state index in [2.05, 4.69) is 25.3 Å². The first kappa shape index (κ1) is 19.6. The van der Waals surface area contributed by atoms with Gasteiger partial charge in [0.15, 0.2) is 5.82 Å². The minimum absolute atomic E-state index is 0.0741. The summed E-state index contributed by atoms with van der Waals surface area (Å²) in [5, 5.41) is 0.627. The molecule has 6 rings (SSSR count). The van der Waals surface area contributed by atoms with Crippen LogP contribution in [0, 0.1) is 12.3 Å². The van der Waals surface area contributed by atoms with Crippen LogP contribution in [-0.2, 0) is 6.42 Å². The minimum atomic E-state index is 0.0741. The van der Waals surface area contributed by atoms with Crippen molar-refractivity contribution >= 4 is 22.9 Å². The summed E-state index contributed by atoms with van der Waals surface area (Å²) < 4.78 is 2.07. The lowest BCUT2D eigenvalue weighted by atomic mass is 9.73. The van der Waals surface area contributed by atoms with E-state index < -0.39 is 0 Å². The zero-order valence-corrected chi connectivity index (χ0v) is 18.6. The fraction of sp³-hybridized carbons (Fsp3) is 0.333. The Morgan fingerprint density at radius 2 is 1.91 bits per heavy atom. The topological polar surface area (TPSA) is 85.2 Å². The average Bonchev–Trinajstić information content (AvgIpc) is 3.36. The van der Waals surface area contributed by atoms with Crippen molar-refractivity contribution in [3.05, 3.63) is 71.2 Å². The quantitative estimate of drug-likeness (QED) is 0.502. The van der Waals surface area contributed by atoms with Gasteiger partial charge in [-0.3, -0.25) is 14.4 Å². The number of hydrogen-bond acceptors (Lipinski definition) is 6. The van der Waals surface area contributed by atoms with E-state index in [0.717, 1.165) is 60.8 Å². The van der Waals surface area contributed by atoms with Crippen molar-refractivity contribution in [1.29, 1.82) is 0 Å². The maximum absolute atomic E-state index is 6.73. The Hall–Kier alpha value is -3.03. The molecule has 0 aromatic carbocycles. The lowest BCUT2D eigenvalue weighted by Crippen LogP contribution is -2.44. The van der Waals surface area contributed by atoms with E-state index in [9.17, 15) is 0 Å². The predicted octanol–water partition coefficient (Wildman–Crippen LogP) is 3.99. The first-order valence-corrected chi connectivity index (χ1v) is 11.3. The number of aryl methyl sites for hydroxylation is 1. The third kappa shape index (κ3) is 2.84. The van der Waals surface area contributed by atoms with Crippen molar-refractivity contribution in [2.45, 2.75) is 32.2 Å². The van der Waals surface area contributed by atoms with Gasteiger partial charge in [-0.2, -0.15) is 0 Å². The van der Waals surface area contributed by atoms with Crippen LogP contribution >= 0.6 is 11.6 Å². The van der Waals surface area contributed by atoms with Gasteiger partial charge in [0.2, 0.25) is 0 Å². The fourth-order valence-corrected chi connectivity index (χ4v) is 5.63. The van der Waals surface area contributed by atoms with Gasteiger partial charge >= 0.3 is 0 Å². The van der Waals surface area contributed by atoms with Crippen LogP contribution in [0.4, 0.5) is 5.82 Å². The normalized spacial score (nSPS) is 19.6. The Balaban J connectivity index is 1.31. The van der Waals surface area contributed by atoms with Gasteiger partial charge in [-0.1, -0.05) is 11.6 Å². The van der Waals surface area contributed by atoms with Crippen molar-refractivity contribution in [3.8, 4) is 11.4 Å². The molecule has 5 heterocycles. The van der Waals surface area contributed by atoms with Crippen molar-refractivity contribution in [3.63, 3.8) is 0 Å². The van der Waals surface area contributed by atoms with E-state index >= 15 is 0 Å². The first-order valence-electron chi connectivity index (χ1n) is 10.9. The Labute approximate surface area is 191 Å². The largest absolute Gasteiger partial charge is 0.355 e. The minimum Gasteiger partial charge on any atom is -0.355 e. The summed E-state index contributed by atoms with van der Waals surface area (Å²) in [5.41, 5.74) is 12.1. The molecule has 1 atom stereocenters. The Kier molecular flexibility index (Phi) is 4.45. The van der Waals surface area contributed by atoms with Crippen molar-refractivity contribution < 1.29 is 0 Å². The monoisotopic (exact) mass is 445 g/mol. The number of nitrogens with two attached hydrogens (primary N) is 1. The van der Waals surface area contributed by atoms with Crippen molar-refractivity contribution in [1.82, 2.24) is 24.3 Å². The Morgan fingerprint density at radius 1 is 1.06 bits per heavy atom. The summed E-state index contributed by atoms with van der Waals surface area (Å²) in [6.07, 6.45) is 14.3. The second-order valence-corrected chi connectivity index (χ2v) is 9.30. The third-order valence-electron chi connectivity index (χ3n) is 7.28. The summed E-state index contributed by atoms with van der Waals surface area (Å²) in [6, 6.07) is 4.07. The van der Waals surface area contributed by atoms with E-state index in [1.807, 2.05) is 44.0 Å². The molecule has 1 unspecified atom stereocenters. The number of hydrogen-bond donors (Lipinski definition) is 1. The molecular weight excluding hydrogens is 422 g/mol. The molecule has 4 aromatic rings. The number of nitrogens with zero attached hydrogens (tertiary/aromatic N) is 6. The molecule has 4 aromatic heterocycles. The van der Waals surface area contributed by atoms with Gasteiger partial charge in [-0.05, 0) is 54.9 Å². The molecule has 1 fully saturated rings. The maximum atomic E-state index is 6.73. The summed E-state index contributed by atoms with van der Waals surface area (Å²) in [5.74, 6) is 1.75. The molecule has 0 saturated carbocycles. The predicted molar refractivity (Wildman–Crippen MR) is 125 cm³/mol. The highest BCUT2D eigenvalue weighted by Gasteiger charge is 2.46. The number of fused-ring (bicyclic) bond motifs is 2. The number of imidazole rings is 1. The number of rotatable bonds is 2. The maximum Gasteiger partial charge on any atom is 0.154 e. The van der Waals surface area contributed by atoms with E-state index in [0.29, 0.717) is 5.02 Å². The highest BCUT2D eigenvalue weighted by Crippen LogP contribution is 2.50. The first-order chi connectivity index (χ1) is 15.6. The molecule has 2 aliphatic rings. The molecule has 1 aliphatic carbocycles. The van der Waals surface area contributed by atoms with Gasteiger partial charge in [0.1, 0.15) is 11.3 Å². The number of halogens is 1. The molecule has 2 N–H and O–H groups in total. The number of anilines is 1. The SMILES string of the molecule is Cc1nccc(-c2ncc3c(N4CCC5(CC4)Cc4cnccc4C5N)nccn23)c1Cl. The van der Waals surface area contributed by atoms with Gasteiger partial charge in [-0.25, -0.2) is 9.97 Å².